The number of alkyl halides is 3. The number of hydrogen-bond donors (Lipinski definition) is 0. The zero-order valence-corrected chi connectivity index (χ0v) is 10.5. The molecular formula is C12H20F3NO. The van der Waals surface area contributed by atoms with E-state index in [1.54, 1.807) is 13.8 Å². The topological polar surface area (TPSA) is 20.3 Å². The summed E-state index contributed by atoms with van der Waals surface area (Å²) >= 11 is 0. The van der Waals surface area contributed by atoms with Gasteiger partial charge in [0.1, 0.15) is 11.8 Å². The average molecular weight is 251 g/mol. The first-order chi connectivity index (χ1) is 7.71. The summed E-state index contributed by atoms with van der Waals surface area (Å²) in [6.45, 7) is 5.52. The minimum atomic E-state index is -4.18. The van der Waals surface area contributed by atoms with Gasteiger partial charge in [0.15, 0.2) is 0 Å². The fraction of sp³-hybridized carbons (Fsp3) is 0.917. The molecule has 1 rings (SSSR count). The van der Waals surface area contributed by atoms with Crippen LogP contribution >= 0.6 is 0 Å². The Hall–Kier alpha value is -0.580. The maximum Gasteiger partial charge on any atom is 0.404 e. The van der Waals surface area contributed by atoms with Crippen LogP contribution in [0.25, 0.3) is 0 Å². The highest BCUT2D eigenvalue weighted by molar-refractivity contribution is 5.75. The number of halogens is 3. The number of nitrogens with zero attached hydrogens (tertiary/aromatic N) is 1. The van der Waals surface area contributed by atoms with Gasteiger partial charge in [-0.05, 0) is 31.7 Å². The van der Waals surface area contributed by atoms with E-state index in [-0.39, 0.29) is 11.7 Å². The number of Topliss-reactive ketones (excluding diaryl/α,β-unsaturated/α-hetero) is 1. The Kier molecular flexibility index (Phi) is 4.58. The molecular weight excluding hydrogens is 231 g/mol. The molecule has 1 fully saturated rings. The van der Waals surface area contributed by atoms with E-state index in [4.69, 9.17) is 0 Å². The number of hydrogen-bond acceptors (Lipinski definition) is 2. The number of carbonyl (C=O) groups excluding carboxylic acids is 1. The van der Waals surface area contributed by atoms with Gasteiger partial charge in [-0.25, -0.2) is 0 Å². The Morgan fingerprint density at radius 1 is 1.41 bits per heavy atom. The molecule has 1 aliphatic heterocycles. The summed E-state index contributed by atoms with van der Waals surface area (Å²) in [5.74, 6) is -0.299. The quantitative estimate of drug-likeness (QED) is 0.765. The van der Waals surface area contributed by atoms with Crippen LogP contribution in [0.3, 0.4) is 0 Å². The van der Waals surface area contributed by atoms with Crippen molar-refractivity contribution in [2.45, 2.75) is 45.8 Å². The third-order valence-corrected chi connectivity index (χ3v) is 3.25. The van der Waals surface area contributed by atoms with Crippen LogP contribution in [0.15, 0.2) is 0 Å². The Labute approximate surface area is 100 Å². The molecule has 1 aliphatic rings. The van der Waals surface area contributed by atoms with Crippen molar-refractivity contribution in [2.24, 2.45) is 11.8 Å². The maximum absolute atomic E-state index is 12.9. The minimum Gasteiger partial charge on any atom is -0.300 e. The van der Waals surface area contributed by atoms with E-state index in [9.17, 15) is 18.0 Å². The van der Waals surface area contributed by atoms with E-state index in [1.807, 2.05) is 0 Å². The lowest BCUT2D eigenvalue weighted by atomic mass is 10.0. The van der Waals surface area contributed by atoms with Crippen molar-refractivity contribution < 1.29 is 18.0 Å². The Morgan fingerprint density at radius 2 is 2.00 bits per heavy atom. The Balaban J connectivity index is 2.64. The molecule has 0 aromatic carbocycles. The Morgan fingerprint density at radius 3 is 2.41 bits per heavy atom. The van der Waals surface area contributed by atoms with Gasteiger partial charge in [0.25, 0.3) is 0 Å². The number of likely N-dealkylation sites (tertiary alicyclic amines) is 1. The summed E-state index contributed by atoms with van der Waals surface area (Å²) in [4.78, 5) is 12.5. The number of rotatable bonds is 4. The zero-order valence-electron chi connectivity index (χ0n) is 10.5. The van der Waals surface area contributed by atoms with Crippen LogP contribution in [0.5, 0.6) is 0 Å². The highest BCUT2D eigenvalue weighted by atomic mass is 19.4. The van der Waals surface area contributed by atoms with E-state index in [0.29, 0.717) is 25.9 Å². The summed E-state index contributed by atoms with van der Waals surface area (Å²) in [6.07, 6.45) is -3.09. The first-order valence-corrected chi connectivity index (χ1v) is 6.02. The van der Waals surface area contributed by atoms with E-state index in [2.05, 4.69) is 0 Å². The molecule has 17 heavy (non-hydrogen) atoms. The van der Waals surface area contributed by atoms with Crippen LogP contribution in [-0.2, 0) is 4.79 Å². The van der Waals surface area contributed by atoms with Gasteiger partial charge in [0.05, 0.1) is 0 Å². The maximum atomic E-state index is 12.9. The van der Waals surface area contributed by atoms with Crippen molar-refractivity contribution in [1.82, 2.24) is 4.90 Å². The molecule has 1 heterocycles. The summed E-state index contributed by atoms with van der Waals surface area (Å²) in [6, 6.07) is -1.38. The van der Waals surface area contributed by atoms with Crippen molar-refractivity contribution in [1.29, 1.82) is 0 Å². The highest BCUT2D eigenvalue weighted by Crippen LogP contribution is 2.34. The fourth-order valence-corrected chi connectivity index (χ4v) is 2.70. The second kappa shape index (κ2) is 5.38. The zero-order chi connectivity index (χ0) is 13.2. The lowest BCUT2D eigenvalue weighted by Crippen LogP contribution is -2.48. The molecule has 100 valence electrons. The fourth-order valence-electron chi connectivity index (χ4n) is 2.70. The normalized spacial score (nSPS) is 24.3. The standard InChI is InChI=1S/C12H20F3NO/c1-8(2)11(12(13,14)15)16-5-4-10(7-16)6-9(3)17/h8,10-11H,4-7H2,1-3H3. The van der Waals surface area contributed by atoms with Crippen LogP contribution in [0, 0.1) is 11.8 Å². The molecule has 0 aliphatic carbocycles. The van der Waals surface area contributed by atoms with Gasteiger partial charge in [0, 0.05) is 13.0 Å². The minimum absolute atomic E-state index is 0.0601. The van der Waals surface area contributed by atoms with Crippen LogP contribution in [0.2, 0.25) is 0 Å². The highest BCUT2D eigenvalue weighted by Gasteiger charge is 2.47. The smallest absolute Gasteiger partial charge is 0.300 e. The van der Waals surface area contributed by atoms with E-state index < -0.39 is 18.1 Å². The van der Waals surface area contributed by atoms with Gasteiger partial charge in [-0.15, -0.1) is 0 Å². The van der Waals surface area contributed by atoms with Crippen LogP contribution in [0.4, 0.5) is 13.2 Å². The van der Waals surface area contributed by atoms with Gasteiger partial charge in [-0.2, -0.15) is 13.2 Å². The third-order valence-electron chi connectivity index (χ3n) is 3.25. The molecule has 0 N–H and O–H groups in total. The molecule has 5 heteroatoms. The van der Waals surface area contributed by atoms with Crippen LogP contribution < -0.4 is 0 Å². The average Bonchev–Trinajstić information content (AvgIpc) is 2.47. The molecule has 0 spiro atoms. The second-order valence-electron chi connectivity index (χ2n) is 5.29. The van der Waals surface area contributed by atoms with E-state index >= 15 is 0 Å². The molecule has 0 aromatic heterocycles. The molecule has 0 saturated carbocycles. The summed E-state index contributed by atoms with van der Waals surface area (Å²) in [7, 11) is 0. The van der Waals surface area contributed by atoms with Crippen molar-refractivity contribution in [3.05, 3.63) is 0 Å². The number of ketones is 1. The first-order valence-electron chi connectivity index (χ1n) is 6.02. The van der Waals surface area contributed by atoms with Crippen molar-refractivity contribution in [3.8, 4) is 0 Å². The molecule has 2 atom stereocenters. The number of carbonyl (C=O) groups is 1. The summed E-state index contributed by atoms with van der Waals surface area (Å²) in [5, 5.41) is 0. The van der Waals surface area contributed by atoms with Crippen molar-refractivity contribution in [2.75, 3.05) is 13.1 Å². The summed E-state index contributed by atoms with van der Waals surface area (Å²) < 4.78 is 38.7. The van der Waals surface area contributed by atoms with Crippen LogP contribution in [0.1, 0.15) is 33.6 Å². The predicted octanol–water partition coefficient (Wildman–Crippen LogP) is 2.87. The lowest BCUT2D eigenvalue weighted by molar-refractivity contribution is -0.192. The molecule has 0 aromatic rings. The molecule has 0 bridgehead atoms. The van der Waals surface area contributed by atoms with Crippen LogP contribution in [-0.4, -0.2) is 36.0 Å². The molecule has 1 saturated heterocycles. The van der Waals surface area contributed by atoms with Crippen molar-refractivity contribution in [3.63, 3.8) is 0 Å². The summed E-state index contributed by atoms with van der Waals surface area (Å²) in [5.41, 5.74) is 0. The van der Waals surface area contributed by atoms with Gasteiger partial charge in [-0.3, -0.25) is 4.90 Å². The van der Waals surface area contributed by atoms with Gasteiger partial charge in [0.2, 0.25) is 0 Å². The van der Waals surface area contributed by atoms with E-state index in [0.717, 1.165) is 0 Å². The van der Waals surface area contributed by atoms with Crippen molar-refractivity contribution >= 4 is 5.78 Å². The predicted molar refractivity (Wildman–Crippen MR) is 59.7 cm³/mol. The Bertz CT molecular complexity index is 275. The second-order valence-corrected chi connectivity index (χ2v) is 5.29. The largest absolute Gasteiger partial charge is 0.404 e. The monoisotopic (exact) mass is 251 g/mol. The van der Waals surface area contributed by atoms with E-state index in [1.165, 1.54) is 11.8 Å². The SMILES string of the molecule is CC(=O)CC1CCN(C(C(C)C)C(F)(F)F)C1. The molecule has 0 radical (unpaired) electrons. The molecule has 0 amide bonds. The van der Waals surface area contributed by atoms with Gasteiger partial charge in [-0.1, -0.05) is 13.8 Å². The third kappa shape index (κ3) is 3.98. The van der Waals surface area contributed by atoms with Gasteiger partial charge >= 0.3 is 6.18 Å². The lowest BCUT2D eigenvalue weighted by Gasteiger charge is -2.32. The first kappa shape index (κ1) is 14.5. The molecule has 2 nitrogen and oxygen atoms in total. The van der Waals surface area contributed by atoms with Gasteiger partial charge < -0.3 is 4.79 Å². The molecule has 2 unspecified atom stereocenters.